The summed E-state index contributed by atoms with van der Waals surface area (Å²) in [6.07, 6.45) is 7.12. The third-order valence-corrected chi connectivity index (χ3v) is 5.55. The fourth-order valence-electron chi connectivity index (χ4n) is 3.70. The van der Waals surface area contributed by atoms with E-state index in [0.29, 0.717) is 13.1 Å². The van der Waals surface area contributed by atoms with Crippen molar-refractivity contribution in [2.24, 2.45) is 5.92 Å². The maximum atomic E-state index is 12.5. The lowest BCUT2D eigenvalue weighted by Gasteiger charge is -2.24. The number of esters is 1. The first kappa shape index (κ1) is 18.7. The molecule has 1 saturated carbocycles. The van der Waals surface area contributed by atoms with Gasteiger partial charge in [0.2, 0.25) is 0 Å². The fraction of sp³-hybridized carbons (Fsp3) is 0.778. The van der Waals surface area contributed by atoms with E-state index in [1.807, 2.05) is 0 Å². The molecule has 0 bridgehead atoms. The fourth-order valence-corrected chi connectivity index (χ4v) is 3.70. The van der Waals surface area contributed by atoms with Crippen LogP contribution in [0, 0.1) is 5.92 Å². The number of carbonyl (C=O) groups excluding carboxylic acids is 4. The van der Waals surface area contributed by atoms with Crippen LogP contribution in [0.25, 0.3) is 0 Å². The van der Waals surface area contributed by atoms with Crippen LogP contribution >= 0.6 is 0 Å². The largest absolute Gasteiger partial charge is 0.454 e. The summed E-state index contributed by atoms with van der Waals surface area (Å²) >= 11 is 0. The van der Waals surface area contributed by atoms with E-state index in [2.05, 4.69) is 5.32 Å². The number of likely N-dealkylation sites (tertiary alicyclic amines) is 1. The van der Waals surface area contributed by atoms with Crippen LogP contribution in [0.5, 0.6) is 0 Å². The van der Waals surface area contributed by atoms with Crippen molar-refractivity contribution in [3.63, 3.8) is 0 Å². The van der Waals surface area contributed by atoms with Gasteiger partial charge in [-0.15, -0.1) is 0 Å². The molecule has 3 aliphatic rings. The molecule has 0 radical (unpaired) electrons. The minimum atomic E-state index is -0.919. The van der Waals surface area contributed by atoms with Crippen molar-refractivity contribution in [2.45, 2.75) is 57.4 Å². The Labute approximate surface area is 153 Å². The maximum Gasteiger partial charge on any atom is 0.326 e. The van der Waals surface area contributed by atoms with Crippen LogP contribution in [-0.4, -0.2) is 65.4 Å². The zero-order valence-corrected chi connectivity index (χ0v) is 15.3. The van der Waals surface area contributed by atoms with Gasteiger partial charge in [-0.2, -0.15) is 0 Å². The van der Waals surface area contributed by atoms with Crippen LogP contribution in [0.4, 0.5) is 4.79 Å². The third kappa shape index (κ3) is 3.99. The molecule has 3 fully saturated rings. The highest BCUT2D eigenvalue weighted by Crippen LogP contribution is 2.42. The number of ether oxygens (including phenoxy) is 1. The number of carbonyl (C=O) groups is 4. The van der Waals surface area contributed by atoms with E-state index in [-0.39, 0.29) is 18.4 Å². The second kappa shape index (κ2) is 7.63. The number of amides is 4. The Balaban J connectivity index is 1.47. The molecule has 0 unspecified atom stereocenters. The Morgan fingerprint density at radius 2 is 1.73 bits per heavy atom. The first-order chi connectivity index (χ1) is 12.4. The second-order valence-corrected chi connectivity index (χ2v) is 7.61. The van der Waals surface area contributed by atoms with Crippen LogP contribution < -0.4 is 5.32 Å². The number of imide groups is 1. The molecular formula is C18H27N3O5. The molecule has 26 heavy (non-hydrogen) atoms. The first-order valence-electron chi connectivity index (χ1n) is 9.49. The zero-order chi connectivity index (χ0) is 18.7. The van der Waals surface area contributed by atoms with Gasteiger partial charge in [0.05, 0.1) is 0 Å². The lowest BCUT2D eigenvalue weighted by atomic mass is 9.96. The molecule has 1 aliphatic carbocycles. The summed E-state index contributed by atoms with van der Waals surface area (Å²) in [6.45, 7) is 2.26. The van der Waals surface area contributed by atoms with Gasteiger partial charge in [-0.3, -0.25) is 19.3 Å². The summed E-state index contributed by atoms with van der Waals surface area (Å²) in [7, 11) is 0. The van der Waals surface area contributed by atoms with Gasteiger partial charge in [-0.05, 0) is 38.5 Å². The van der Waals surface area contributed by atoms with Gasteiger partial charge in [0.1, 0.15) is 12.1 Å². The minimum absolute atomic E-state index is 0.133. The highest BCUT2D eigenvalue weighted by atomic mass is 16.5. The number of nitrogens with one attached hydrogen (secondary N) is 1. The minimum Gasteiger partial charge on any atom is -0.454 e. The molecule has 0 aromatic rings. The van der Waals surface area contributed by atoms with Crippen LogP contribution in [0.15, 0.2) is 0 Å². The SMILES string of the molecule is C[C@]1(C2CC2)NC(=O)N(CC(=O)OCC(=O)N2CCCCCCC2)C1=O. The highest BCUT2D eigenvalue weighted by Gasteiger charge is 2.56. The monoisotopic (exact) mass is 365 g/mol. The van der Waals surface area contributed by atoms with E-state index in [4.69, 9.17) is 4.74 Å². The molecule has 2 saturated heterocycles. The van der Waals surface area contributed by atoms with E-state index < -0.39 is 30.0 Å². The second-order valence-electron chi connectivity index (χ2n) is 7.61. The standard InChI is InChI=1S/C18H27N3O5/c1-18(13-7-8-13)16(24)21(17(25)19-18)11-15(23)26-12-14(22)20-9-5-3-2-4-6-10-20/h13H,2-12H2,1H3,(H,19,25)/t18-/m1/s1. The number of urea groups is 1. The van der Waals surface area contributed by atoms with Crippen molar-refractivity contribution < 1.29 is 23.9 Å². The zero-order valence-electron chi connectivity index (χ0n) is 15.3. The molecule has 1 N–H and O–H groups in total. The third-order valence-electron chi connectivity index (χ3n) is 5.55. The van der Waals surface area contributed by atoms with E-state index in [9.17, 15) is 19.2 Å². The molecule has 8 heteroatoms. The van der Waals surface area contributed by atoms with Gasteiger partial charge in [0.25, 0.3) is 11.8 Å². The molecule has 4 amide bonds. The van der Waals surface area contributed by atoms with Gasteiger partial charge < -0.3 is 15.0 Å². The van der Waals surface area contributed by atoms with E-state index in [1.54, 1.807) is 11.8 Å². The molecule has 2 aliphatic heterocycles. The Morgan fingerprint density at radius 3 is 2.35 bits per heavy atom. The lowest BCUT2D eigenvalue weighted by molar-refractivity contribution is -0.154. The molecule has 0 aromatic carbocycles. The van der Waals surface area contributed by atoms with Gasteiger partial charge in [0.15, 0.2) is 6.61 Å². The maximum absolute atomic E-state index is 12.5. The summed E-state index contributed by atoms with van der Waals surface area (Å²) in [5.74, 6) is -1.22. The average molecular weight is 365 g/mol. The predicted molar refractivity (Wildman–Crippen MR) is 92.0 cm³/mol. The Hall–Kier alpha value is -2.12. The lowest BCUT2D eigenvalue weighted by Crippen LogP contribution is -2.46. The van der Waals surface area contributed by atoms with Crippen molar-refractivity contribution in [3.05, 3.63) is 0 Å². The summed E-state index contributed by atoms with van der Waals surface area (Å²) < 4.78 is 5.03. The first-order valence-corrected chi connectivity index (χ1v) is 9.49. The number of hydrogen-bond donors (Lipinski definition) is 1. The van der Waals surface area contributed by atoms with E-state index in [0.717, 1.165) is 43.4 Å². The summed E-state index contributed by atoms with van der Waals surface area (Å²) in [6, 6.07) is -0.573. The van der Waals surface area contributed by atoms with Gasteiger partial charge in [0, 0.05) is 13.1 Å². The molecule has 8 nitrogen and oxygen atoms in total. The number of hydrogen-bond acceptors (Lipinski definition) is 5. The topological polar surface area (TPSA) is 96.0 Å². The van der Waals surface area contributed by atoms with Crippen molar-refractivity contribution >= 4 is 23.8 Å². The van der Waals surface area contributed by atoms with Gasteiger partial charge in [-0.25, -0.2) is 4.79 Å². The molecule has 0 aromatic heterocycles. The van der Waals surface area contributed by atoms with Crippen LogP contribution in [0.2, 0.25) is 0 Å². The molecule has 144 valence electrons. The summed E-state index contributed by atoms with van der Waals surface area (Å²) in [4.78, 5) is 51.4. The van der Waals surface area contributed by atoms with Crippen LogP contribution in [-0.2, 0) is 19.1 Å². The van der Waals surface area contributed by atoms with Crippen LogP contribution in [0.3, 0.4) is 0 Å². The Kier molecular flexibility index (Phi) is 5.48. The predicted octanol–water partition coefficient (Wildman–Crippen LogP) is 1.04. The van der Waals surface area contributed by atoms with Gasteiger partial charge >= 0.3 is 12.0 Å². The van der Waals surface area contributed by atoms with E-state index in [1.165, 1.54) is 6.42 Å². The molecule has 3 rings (SSSR count). The van der Waals surface area contributed by atoms with Crippen molar-refractivity contribution in [1.29, 1.82) is 0 Å². The smallest absolute Gasteiger partial charge is 0.326 e. The Bertz CT molecular complexity index is 596. The normalized spacial score (nSPS) is 27.0. The molecule has 1 atom stereocenters. The van der Waals surface area contributed by atoms with Crippen molar-refractivity contribution in [3.8, 4) is 0 Å². The van der Waals surface area contributed by atoms with E-state index >= 15 is 0 Å². The molecule has 2 heterocycles. The molecule has 0 spiro atoms. The number of rotatable bonds is 5. The molecular weight excluding hydrogens is 338 g/mol. The van der Waals surface area contributed by atoms with Crippen molar-refractivity contribution in [1.82, 2.24) is 15.1 Å². The van der Waals surface area contributed by atoms with Crippen LogP contribution in [0.1, 0.15) is 51.9 Å². The Morgan fingerprint density at radius 1 is 1.12 bits per heavy atom. The summed E-state index contributed by atoms with van der Waals surface area (Å²) in [5, 5.41) is 2.68. The summed E-state index contributed by atoms with van der Waals surface area (Å²) in [5.41, 5.74) is -0.919. The average Bonchev–Trinajstić information content (AvgIpc) is 3.39. The highest BCUT2D eigenvalue weighted by molar-refractivity contribution is 6.08. The number of nitrogens with zero attached hydrogens (tertiary/aromatic N) is 2. The quantitative estimate of drug-likeness (QED) is 0.580. The van der Waals surface area contributed by atoms with Gasteiger partial charge in [-0.1, -0.05) is 19.3 Å². The van der Waals surface area contributed by atoms with Crippen molar-refractivity contribution in [2.75, 3.05) is 26.2 Å².